The van der Waals surface area contributed by atoms with Gasteiger partial charge >= 0.3 is 5.97 Å². The van der Waals surface area contributed by atoms with Gasteiger partial charge in [0.2, 0.25) is 0 Å². The molecule has 0 aliphatic heterocycles. The van der Waals surface area contributed by atoms with Crippen LogP contribution in [0.25, 0.3) is 11.1 Å². The van der Waals surface area contributed by atoms with Crippen LogP contribution in [0.15, 0.2) is 40.0 Å². The molecule has 1 aromatic carbocycles. The topological polar surface area (TPSA) is 52.3 Å². The lowest BCUT2D eigenvalue weighted by molar-refractivity contribution is 0.0600. The van der Waals surface area contributed by atoms with Crippen LogP contribution in [0, 0.1) is 0 Å². The van der Waals surface area contributed by atoms with Crippen molar-refractivity contribution >= 4 is 28.8 Å². The molecule has 0 amide bonds. The number of methoxy groups -OCH3 is 1. The second-order valence-electron chi connectivity index (χ2n) is 3.78. The zero-order valence-electron chi connectivity index (χ0n) is 10.6. The number of thioether (sulfide) groups is 1. The SMILES string of the molecule is COC(=O)c1ccc2nc(SCCC=C(F)F)oc2c1. The fourth-order valence-corrected chi connectivity index (χ4v) is 2.25. The van der Waals surface area contributed by atoms with Crippen LogP contribution in [0.2, 0.25) is 0 Å². The summed E-state index contributed by atoms with van der Waals surface area (Å²) in [7, 11) is 1.30. The van der Waals surface area contributed by atoms with Crippen molar-refractivity contribution in [3.8, 4) is 0 Å². The van der Waals surface area contributed by atoms with Gasteiger partial charge in [-0.3, -0.25) is 0 Å². The third-order valence-corrected chi connectivity index (χ3v) is 3.29. The van der Waals surface area contributed by atoms with Crippen LogP contribution >= 0.6 is 11.8 Å². The van der Waals surface area contributed by atoms with Crippen molar-refractivity contribution in [3.05, 3.63) is 35.9 Å². The molecule has 1 aromatic heterocycles. The Kier molecular flexibility index (Phi) is 4.73. The summed E-state index contributed by atoms with van der Waals surface area (Å²) in [5, 5.41) is 0.384. The molecule has 0 aliphatic rings. The van der Waals surface area contributed by atoms with E-state index in [1.165, 1.54) is 18.9 Å². The number of rotatable bonds is 5. The minimum atomic E-state index is -1.69. The molecular formula is C13H11F2NO3S. The zero-order valence-corrected chi connectivity index (χ0v) is 11.4. The molecule has 0 saturated carbocycles. The highest BCUT2D eigenvalue weighted by Crippen LogP contribution is 2.25. The van der Waals surface area contributed by atoms with Gasteiger partial charge in [-0.15, -0.1) is 0 Å². The van der Waals surface area contributed by atoms with Gasteiger partial charge in [0.05, 0.1) is 12.7 Å². The van der Waals surface area contributed by atoms with Crippen molar-refractivity contribution in [1.82, 2.24) is 4.98 Å². The Morgan fingerprint density at radius 1 is 1.50 bits per heavy atom. The van der Waals surface area contributed by atoms with E-state index < -0.39 is 12.0 Å². The van der Waals surface area contributed by atoms with Gasteiger partial charge in [0, 0.05) is 5.75 Å². The first kappa shape index (κ1) is 14.5. The van der Waals surface area contributed by atoms with Crippen molar-refractivity contribution in [1.29, 1.82) is 0 Å². The molecule has 0 radical (unpaired) electrons. The third kappa shape index (κ3) is 3.57. The lowest BCUT2D eigenvalue weighted by Gasteiger charge is -1.96. The number of allylic oxidation sites excluding steroid dienone is 1. The van der Waals surface area contributed by atoms with E-state index in [4.69, 9.17) is 4.42 Å². The summed E-state index contributed by atoms with van der Waals surface area (Å²) in [6, 6.07) is 4.78. The maximum absolute atomic E-state index is 11.9. The van der Waals surface area contributed by atoms with E-state index in [2.05, 4.69) is 9.72 Å². The highest BCUT2D eigenvalue weighted by atomic mass is 32.2. The van der Waals surface area contributed by atoms with E-state index in [9.17, 15) is 13.6 Å². The van der Waals surface area contributed by atoms with Crippen molar-refractivity contribution in [2.75, 3.05) is 12.9 Å². The maximum Gasteiger partial charge on any atom is 0.337 e. The van der Waals surface area contributed by atoms with Gasteiger partial charge in [-0.1, -0.05) is 11.8 Å². The smallest absolute Gasteiger partial charge is 0.337 e. The van der Waals surface area contributed by atoms with Crippen molar-refractivity contribution in [2.45, 2.75) is 11.6 Å². The van der Waals surface area contributed by atoms with Gasteiger partial charge in [0.15, 0.2) is 5.58 Å². The number of hydrogen-bond donors (Lipinski definition) is 0. The number of halogens is 2. The first-order chi connectivity index (χ1) is 9.60. The van der Waals surface area contributed by atoms with Crippen LogP contribution in [0.4, 0.5) is 8.78 Å². The molecule has 0 atom stereocenters. The number of esters is 1. The molecule has 0 saturated heterocycles. The normalized spacial score (nSPS) is 10.6. The van der Waals surface area contributed by atoms with Gasteiger partial charge in [0.1, 0.15) is 5.52 Å². The molecule has 0 bridgehead atoms. The van der Waals surface area contributed by atoms with Gasteiger partial charge < -0.3 is 9.15 Å². The van der Waals surface area contributed by atoms with Crippen LogP contribution < -0.4 is 0 Å². The quantitative estimate of drug-likeness (QED) is 0.476. The molecule has 0 N–H and O–H groups in total. The molecule has 106 valence electrons. The van der Waals surface area contributed by atoms with E-state index in [1.54, 1.807) is 18.2 Å². The fraction of sp³-hybridized carbons (Fsp3) is 0.231. The summed E-state index contributed by atoms with van der Waals surface area (Å²) in [5.74, 6) is -0.0188. The standard InChI is InChI=1S/C13H11F2NO3S/c1-18-12(17)8-4-5-9-10(7-8)19-13(16-9)20-6-2-3-11(14)15/h3-5,7H,2,6H2,1H3. The summed E-state index contributed by atoms with van der Waals surface area (Å²) < 4.78 is 33.8. The first-order valence-corrected chi connectivity index (χ1v) is 6.71. The molecule has 4 nitrogen and oxygen atoms in total. The number of oxazole rings is 1. The Morgan fingerprint density at radius 3 is 3.00 bits per heavy atom. The Balaban J connectivity index is 2.09. The summed E-state index contributed by atoms with van der Waals surface area (Å²) in [6.07, 6.45) is -0.602. The fourth-order valence-electron chi connectivity index (χ4n) is 1.52. The van der Waals surface area contributed by atoms with E-state index in [0.717, 1.165) is 6.08 Å². The van der Waals surface area contributed by atoms with E-state index in [0.29, 0.717) is 27.6 Å². The lowest BCUT2D eigenvalue weighted by Crippen LogP contribution is -2.00. The number of hydrogen-bond acceptors (Lipinski definition) is 5. The number of ether oxygens (including phenoxy) is 1. The maximum atomic E-state index is 11.9. The number of carbonyl (C=O) groups excluding carboxylic acids is 1. The average molecular weight is 299 g/mol. The average Bonchev–Trinajstić information content (AvgIpc) is 2.84. The monoisotopic (exact) mass is 299 g/mol. The number of fused-ring (bicyclic) bond motifs is 1. The molecule has 0 spiro atoms. The van der Waals surface area contributed by atoms with Crippen molar-refractivity contribution in [2.24, 2.45) is 0 Å². The van der Waals surface area contributed by atoms with Crippen molar-refractivity contribution < 1.29 is 22.7 Å². The van der Waals surface area contributed by atoms with Gasteiger partial charge in [-0.05, 0) is 30.7 Å². The molecular weight excluding hydrogens is 288 g/mol. The molecule has 7 heteroatoms. The second-order valence-corrected chi connectivity index (χ2v) is 4.83. The second kappa shape index (κ2) is 6.51. The Morgan fingerprint density at radius 2 is 2.30 bits per heavy atom. The summed E-state index contributed by atoms with van der Waals surface area (Å²) in [4.78, 5) is 15.6. The third-order valence-electron chi connectivity index (χ3n) is 2.43. The summed E-state index contributed by atoms with van der Waals surface area (Å²) >= 11 is 1.24. The van der Waals surface area contributed by atoms with Crippen LogP contribution in [-0.4, -0.2) is 23.8 Å². The highest BCUT2D eigenvalue weighted by Gasteiger charge is 2.11. The van der Waals surface area contributed by atoms with Gasteiger partial charge in [-0.2, -0.15) is 8.78 Å². The van der Waals surface area contributed by atoms with Crippen LogP contribution in [0.5, 0.6) is 0 Å². The first-order valence-electron chi connectivity index (χ1n) is 5.73. The van der Waals surface area contributed by atoms with Gasteiger partial charge in [-0.25, -0.2) is 9.78 Å². The van der Waals surface area contributed by atoms with Crippen LogP contribution in [-0.2, 0) is 4.74 Å². The van der Waals surface area contributed by atoms with E-state index in [-0.39, 0.29) is 6.42 Å². The Labute approximate surface area is 117 Å². The lowest BCUT2D eigenvalue weighted by atomic mass is 10.2. The zero-order chi connectivity index (χ0) is 14.5. The number of carbonyl (C=O) groups is 1. The molecule has 20 heavy (non-hydrogen) atoms. The Hall–Kier alpha value is -1.89. The minimum absolute atomic E-state index is 0.235. The molecule has 0 unspecified atom stereocenters. The molecule has 0 fully saturated rings. The van der Waals surface area contributed by atoms with Crippen LogP contribution in [0.1, 0.15) is 16.8 Å². The van der Waals surface area contributed by atoms with Gasteiger partial charge in [0.25, 0.3) is 11.3 Å². The predicted molar refractivity (Wildman–Crippen MR) is 71.0 cm³/mol. The number of benzene rings is 1. The van der Waals surface area contributed by atoms with Crippen molar-refractivity contribution in [3.63, 3.8) is 0 Å². The highest BCUT2D eigenvalue weighted by molar-refractivity contribution is 7.99. The predicted octanol–water partition coefficient (Wildman–Crippen LogP) is 3.88. The van der Waals surface area contributed by atoms with E-state index >= 15 is 0 Å². The Bertz CT molecular complexity index is 650. The molecule has 1 heterocycles. The number of aromatic nitrogens is 1. The molecule has 2 aromatic rings. The molecule has 0 aliphatic carbocycles. The minimum Gasteiger partial charge on any atom is -0.465 e. The van der Waals surface area contributed by atoms with E-state index in [1.807, 2.05) is 0 Å². The molecule has 2 rings (SSSR count). The summed E-state index contributed by atoms with van der Waals surface area (Å²) in [6.45, 7) is 0. The van der Waals surface area contributed by atoms with Crippen LogP contribution in [0.3, 0.4) is 0 Å². The summed E-state index contributed by atoms with van der Waals surface area (Å²) in [5.41, 5.74) is 1.44. The number of nitrogens with zero attached hydrogens (tertiary/aromatic N) is 1. The largest absolute Gasteiger partial charge is 0.465 e.